The lowest BCUT2D eigenvalue weighted by atomic mass is 9.49. The van der Waals surface area contributed by atoms with Crippen LogP contribution in [0, 0.1) is 11.8 Å². The molecule has 1 N–H and O–H groups in total. The van der Waals surface area contributed by atoms with Crippen molar-refractivity contribution < 1.29 is 0 Å². The average Bonchev–Trinajstić information content (AvgIpc) is 2.78. The third kappa shape index (κ3) is 1.98. The molecule has 2 unspecified atom stereocenters. The van der Waals surface area contributed by atoms with Gasteiger partial charge >= 0.3 is 0 Å². The molecule has 2 heteroatoms. The molecule has 2 atom stereocenters. The Hall–Kier alpha value is -0.0800. The number of likely N-dealkylation sites (tertiary alicyclic amines) is 1. The highest BCUT2D eigenvalue weighted by Gasteiger charge is 2.59. The molecule has 2 nitrogen and oxygen atoms in total. The summed E-state index contributed by atoms with van der Waals surface area (Å²) in [6.07, 6.45) is 11.9. The first kappa shape index (κ1) is 12.6. The van der Waals surface area contributed by atoms with E-state index in [1.54, 1.807) is 0 Å². The first-order valence-corrected chi connectivity index (χ1v) is 8.62. The molecule has 5 rings (SSSR count). The summed E-state index contributed by atoms with van der Waals surface area (Å²) in [5.74, 6) is 2.04. The normalized spacial score (nSPS) is 49.4. The predicted molar refractivity (Wildman–Crippen MR) is 79.2 cm³/mol. The number of rotatable bonds is 3. The molecule has 0 amide bonds. The lowest BCUT2D eigenvalue weighted by molar-refractivity contribution is -0.105. The van der Waals surface area contributed by atoms with E-state index < -0.39 is 0 Å². The van der Waals surface area contributed by atoms with E-state index in [1.165, 1.54) is 64.5 Å². The van der Waals surface area contributed by atoms with Gasteiger partial charge in [-0.25, -0.2) is 0 Å². The Morgan fingerprint density at radius 1 is 1.00 bits per heavy atom. The highest BCUT2D eigenvalue weighted by molar-refractivity contribution is 5.16. The Morgan fingerprint density at radius 2 is 1.63 bits per heavy atom. The molecule has 19 heavy (non-hydrogen) atoms. The van der Waals surface area contributed by atoms with Crippen molar-refractivity contribution in [3.63, 3.8) is 0 Å². The van der Waals surface area contributed by atoms with Crippen LogP contribution in [-0.2, 0) is 0 Å². The Morgan fingerprint density at radius 3 is 2.21 bits per heavy atom. The third-order valence-electron chi connectivity index (χ3n) is 6.40. The van der Waals surface area contributed by atoms with Crippen molar-refractivity contribution in [3.8, 4) is 0 Å². The second kappa shape index (κ2) is 4.21. The second-order valence-electron chi connectivity index (χ2n) is 8.46. The first-order chi connectivity index (χ1) is 9.09. The molecule has 1 saturated heterocycles. The van der Waals surface area contributed by atoms with Crippen LogP contribution in [0.3, 0.4) is 0 Å². The third-order valence-corrected chi connectivity index (χ3v) is 6.40. The largest absolute Gasteiger partial charge is 0.309 e. The van der Waals surface area contributed by atoms with Crippen LogP contribution < -0.4 is 5.32 Å². The van der Waals surface area contributed by atoms with Crippen LogP contribution in [0.4, 0.5) is 0 Å². The van der Waals surface area contributed by atoms with Crippen molar-refractivity contribution in [1.82, 2.24) is 10.2 Å². The smallest absolute Gasteiger partial charge is 0.0232 e. The standard InChI is InChI=1S/C17H30N2/c1-13(2)18-16-8-14-7-15(9-16)11-17(10-14,12-16)19-5-3-4-6-19/h13-15,18H,3-12H2,1-2H3. The summed E-state index contributed by atoms with van der Waals surface area (Å²) >= 11 is 0. The Kier molecular flexibility index (Phi) is 2.80. The molecule has 4 aliphatic carbocycles. The summed E-state index contributed by atoms with van der Waals surface area (Å²) in [5.41, 5.74) is 1.10. The van der Waals surface area contributed by atoms with Gasteiger partial charge in [-0.2, -0.15) is 0 Å². The topological polar surface area (TPSA) is 15.3 Å². The summed E-state index contributed by atoms with van der Waals surface area (Å²) < 4.78 is 0. The Bertz CT molecular complexity index is 337. The molecule has 0 aromatic carbocycles. The van der Waals surface area contributed by atoms with Gasteiger partial charge in [-0.3, -0.25) is 4.90 Å². The van der Waals surface area contributed by atoms with E-state index in [2.05, 4.69) is 24.1 Å². The zero-order valence-corrected chi connectivity index (χ0v) is 12.8. The quantitative estimate of drug-likeness (QED) is 0.840. The fourth-order valence-corrected chi connectivity index (χ4v) is 6.56. The first-order valence-electron chi connectivity index (χ1n) is 8.62. The highest BCUT2D eigenvalue weighted by Crippen LogP contribution is 2.60. The van der Waals surface area contributed by atoms with Crippen LogP contribution in [0.2, 0.25) is 0 Å². The van der Waals surface area contributed by atoms with Crippen molar-refractivity contribution in [2.24, 2.45) is 11.8 Å². The summed E-state index contributed by atoms with van der Waals surface area (Å²) in [6.45, 7) is 7.44. The van der Waals surface area contributed by atoms with E-state index in [0.717, 1.165) is 11.8 Å². The maximum Gasteiger partial charge on any atom is 0.0232 e. The molecule has 108 valence electrons. The van der Waals surface area contributed by atoms with Gasteiger partial charge < -0.3 is 5.32 Å². The molecule has 4 saturated carbocycles. The monoisotopic (exact) mass is 262 g/mol. The minimum absolute atomic E-state index is 0.501. The highest BCUT2D eigenvalue weighted by atomic mass is 15.2. The van der Waals surface area contributed by atoms with Crippen molar-refractivity contribution in [2.45, 2.75) is 82.3 Å². The van der Waals surface area contributed by atoms with Crippen LogP contribution in [0.5, 0.6) is 0 Å². The Balaban J connectivity index is 1.63. The van der Waals surface area contributed by atoms with Crippen LogP contribution >= 0.6 is 0 Å². The maximum atomic E-state index is 4.01. The maximum absolute atomic E-state index is 4.01. The van der Waals surface area contributed by atoms with Gasteiger partial charge in [0.1, 0.15) is 0 Å². The van der Waals surface area contributed by atoms with E-state index in [4.69, 9.17) is 0 Å². The zero-order valence-electron chi connectivity index (χ0n) is 12.8. The van der Waals surface area contributed by atoms with E-state index >= 15 is 0 Å². The molecule has 1 heterocycles. The number of nitrogens with zero attached hydrogens (tertiary/aromatic N) is 1. The van der Waals surface area contributed by atoms with E-state index in [9.17, 15) is 0 Å². The minimum Gasteiger partial charge on any atom is -0.309 e. The molecule has 5 fully saturated rings. The second-order valence-corrected chi connectivity index (χ2v) is 8.46. The Labute approximate surface area is 118 Å². The lowest BCUT2D eigenvalue weighted by Gasteiger charge is -2.65. The molecule has 0 aromatic heterocycles. The number of hydrogen-bond acceptors (Lipinski definition) is 2. The molecule has 1 aliphatic heterocycles. The SMILES string of the molecule is CC(C)NC12CC3CC(C1)CC(N1CCCC1)(C3)C2. The minimum atomic E-state index is 0.501. The van der Waals surface area contributed by atoms with Gasteiger partial charge in [0, 0.05) is 17.1 Å². The molecule has 0 spiro atoms. The molecular formula is C17H30N2. The molecular weight excluding hydrogens is 232 g/mol. The summed E-state index contributed by atoms with van der Waals surface area (Å²) in [7, 11) is 0. The predicted octanol–water partition coefficient (Wildman–Crippen LogP) is 3.17. The summed E-state index contributed by atoms with van der Waals surface area (Å²) in [4.78, 5) is 2.90. The molecule has 5 aliphatic rings. The van der Waals surface area contributed by atoms with Gasteiger partial charge in [-0.15, -0.1) is 0 Å². The van der Waals surface area contributed by atoms with E-state index in [0.29, 0.717) is 17.1 Å². The zero-order chi connectivity index (χ0) is 13.1. The van der Waals surface area contributed by atoms with Gasteiger partial charge in [-0.1, -0.05) is 13.8 Å². The van der Waals surface area contributed by atoms with Crippen molar-refractivity contribution >= 4 is 0 Å². The number of hydrogen-bond donors (Lipinski definition) is 1. The van der Waals surface area contributed by atoms with Crippen molar-refractivity contribution in [3.05, 3.63) is 0 Å². The van der Waals surface area contributed by atoms with Crippen LogP contribution in [0.1, 0.15) is 65.2 Å². The van der Waals surface area contributed by atoms with Crippen molar-refractivity contribution in [2.75, 3.05) is 13.1 Å². The fourth-order valence-electron chi connectivity index (χ4n) is 6.56. The summed E-state index contributed by atoms with van der Waals surface area (Å²) in [5, 5.41) is 4.01. The number of nitrogens with one attached hydrogen (secondary N) is 1. The van der Waals surface area contributed by atoms with E-state index in [1.807, 2.05) is 0 Å². The fraction of sp³-hybridized carbons (Fsp3) is 1.00. The van der Waals surface area contributed by atoms with E-state index in [-0.39, 0.29) is 0 Å². The van der Waals surface area contributed by atoms with Gasteiger partial charge in [0.25, 0.3) is 0 Å². The molecule has 0 aromatic rings. The van der Waals surface area contributed by atoms with Crippen LogP contribution in [0.15, 0.2) is 0 Å². The van der Waals surface area contributed by atoms with Crippen LogP contribution in [0.25, 0.3) is 0 Å². The van der Waals surface area contributed by atoms with Gasteiger partial charge in [-0.05, 0) is 76.3 Å². The lowest BCUT2D eigenvalue weighted by Crippen LogP contribution is -2.69. The van der Waals surface area contributed by atoms with Crippen LogP contribution in [-0.4, -0.2) is 35.1 Å². The molecule has 0 radical (unpaired) electrons. The van der Waals surface area contributed by atoms with Gasteiger partial charge in [0.2, 0.25) is 0 Å². The molecule has 4 bridgehead atoms. The van der Waals surface area contributed by atoms with Gasteiger partial charge in [0.05, 0.1) is 0 Å². The van der Waals surface area contributed by atoms with Gasteiger partial charge in [0.15, 0.2) is 0 Å². The van der Waals surface area contributed by atoms with Crippen molar-refractivity contribution in [1.29, 1.82) is 0 Å². The average molecular weight is 262 g/mol. The summed E-state index contributed by atoms with van der Waals surface area (Å²) in [6, 6.07) is 0.645.